The average Bonchev–Trinajstić information content (AvgIpc) is 2.36. The zero-order valence-electron chi connectivity index (χ0n) is 11.4. The van der Waals surface area contributed by atoms with E-state index in [9.17, 15) is 4.79 Å². The van der Waals surface area contributed by atoms with Gasteiger partial charge in [0.15, 0.2) is 5.84 Å². The third kappa shape index (κ3) is 4.55. The van der Waals surface area contributed by atoms with Crippen LogP contribution >= 0.6 is 0 Å². The van der Waals surface area contributed by atoms with E-state index in [1.165, 1.54) is 19.3 Å². The summed E-state index contributed by atoms with van der Waals surface area (Å²) in [4.78, 5) is 11.9. The summed E-state index contributed by atoms with van der Waals surface area (Å²) in [6.45, 7) is 3.87. The number of oxime groups is 1. The zero-order valence-corrected chi connectivity index (χ0v) is 11.4. The molecule has 0 heterocycles. The molecule has 0 saturated heterocycles. The molecular weight excluding hydrogens is 230 g/mol. The number of hydrogen-bond acceptors (Lipinski definition) is 3. The van der Waals surface area contributed by atoms with Crippen molar-refractivity contribution in [3.8, 4) is 0 Å². The Kier molecular flexibility index (Phi) is 5.95. The van der Waals surface area contributed by atoms with Crippen LogP contribution in [0.15, 0.2) is 5.16 Å². The molecule has 0 radical (unpaired) electrons. The van der Waals surface area contributed by atoms with E-state index in [0.29, 0.717) is 12.3 Å². The molecule has 0 aromatic rings. The van der Waals surface area contributed by atoms with Gasteiger partial charge in [0, 0.05) is 6.42 Å². The van der Waals surface area contributed by atoms with E-state index < -0.39 is 0 Å². The Balaban J connectivity index is 2.45. The second-order valence-corrected chi connectivity index (χ2v) is 5.52. The SMILES string of the molecule is CC(C)C(NC(=O)CC1CCCCC1)C(N)=NO. The number of carbonyl (C=O) groups is 1. The largest absolute Gasteiger partial charge is 0.409 e. The van der Waals surface area contributed by atoms with Crippen molar-refractivity contribution in [1.82, 2.24) is 5.32 Å². The van der Waals surface area contributed by atoms with Crippen LogP contribution in [0.25, 0.3) is 0 Å². The second kappa shape index (κ2) is 7.24. The minimum absolute atomic E-state index is 0.00667. The predicted molar refractivity (Wildman–Crippen MR) is 71.4 cm³/mol. The lowest BCUT2D eigenvalue weighted by atomic mass is 9.86. The van der Waals surface area contributed by atoms with Crippen LogP contribution in [0.2, 0.25) is 0 Å². The molecule has 5 nitrogen and oxygen atoms in total. The third-order valence-electron chi connectivity index (χ3n) is 3.62. The number of amides is 1. The maximum atomic E-state index is 11.9. The molecule has 1 unspecified atom stereocenters. The molecule has 1 atom stereocenters. The van der Waals surface area contributed by atoms with Gasteiger partial charge in [-0.3, -0.25) is 4.79 Å². The molecular formula is C13H25N3O2. The molecule has 0 aromatic carbocycles. The fourth-order valence-electron chi connectivity index (χ4n) is 2.53. The number of nitrogens with one attached hydrogen (secondary N) is 1. The van der Waals surface area contributed by atoms with E-state index in [2.05, 4.69) is 10.5 Å². The van der Waals surface area contributed by atoms with Crippen molar-refractivity contribution in [3.05, 3.63) is 0 Å². The molecule has 104 valence electrons. The first-order valence-electron chi connectivity index (χ1n) is 6.81. The van der Waals surface area contributed by atoms with Gasteiger partial charge in [0.2, 0.25) is 5.91 Å². The summed E-state index contributed by atoms with van der Waals surface area (Å²) in [5.74, 6) is 0.684. The quantitative estimate of drug-likeness (QED) is 0.303. The Labute approximate surface area is 109 Å². The van der Waals surface area contributed by atoms with Gasteiger partial charge in [0.1, 0.15) is 0 Å². The Hall–Kier alpha value is -1.26. The third-order valence-corrected chi connectivity index (χ3v) is 3.62. The molecule has 18 heavy (non-hydrogen) atoms. The second-order valence-electron chi connectivity index (χ2n) is 5.52. The number of hydrogen-bond donors (Lipinski definition) is 3. The van der Waals surface area contributed by atoms with E-state index in [0.717, 1.165) is 12.8 Å². The van der Waals surface area contributed by atoms with Crippen LogP contribution in [0, 0.1) is 11.8 Å². The number of amidine groups is 1. The molecule has 1 aliphatic carbocycles. The molecule has 1 amide bonds. The van der Waals surface area contributed by atoms with E-state index >= 15 is 0 Å². The van der Waals surface area contributed by atoms with Gasteiger partial charge in [0.05, 0.1) is 6.04 Å². The minimum Gasteiger partial charge on any atom is -0.409 e. The van der Waals surface area contributed by atoms with E-state index in [-0.39, 0.29) is 23.7 Å². The van der Waals surface area contributed by atoms with Gasteiger partial charge in [-0.25, -0.2) is 0 Å². The van der Waals surface area contributed by atoms with Crippen LogP contribution < -0.4 is 11.1 Å². The van der Waals surface area contributed by atoms with Crippen LogP contribution in [0.5, 0.6) is 0 Å². The van der Waals surface area contributed by atoms with Gasteiger partial charge >= 0.3 is 0 Å². The molecule has 1 saturated carbocycles. The number of carbonyl (C=O) groups excluding carboxylic acids is 1. The average molecular weight is 255 g/mol. The highest BCUT2D eigenvalue weighted by Gasteiger charge is 2.23. The predicted octanol–water partition coefficient (Wildman–Crippen LogP) is 1.84. The fraction of sp³-hybridized carbons (Fsp3) is 0.846. The van der Waals surface area contributed by atoms with Crippen molar-refractivity contribution in [1.29, 1.82) is 0 Å². The van der Waals surface area contributed by atoms with Crippen molar-refractivity contribution in [2.75, 3.05) is 0 Å². The van der Waals surface area contributed by atoms with E-state index in [4.69, 9.17) is 10.9 Å². The van der Waals surface area contributed by atoms with Crippen LogP contribution in [-0.4, -0.2) is 23.0 Å². The number of nitrogens with two attached hydrogens (primary N) is 1. The summed E-state index contributed by atoms with van der Waals surface area (Å²) in [6.07, 6.45) is 6.59. The lowest BCUT2D eigenvalue weighted by Crippen LogP contribution is -2.48. The molecule has 4 N–H and O–H groups in total. The summed E-state index contributed by atoms with van der Waals surface area (Å²) in [6, 6.07) is -0.383. The lowest BCUT2D eigenvalue weighted by Gasteiger charge is -2.24. The first-order valence-corrected chi connectivity index (χ1v) is 6.81. The van der Waals surface area contributed by atoms with Gasteiger partial charge in [-0.2, -0.15) is 0 Å². The maximum absolute atomic E-state index is 11.9. The smallest absolute Gasteiger partial charge is 0.220 e. The number of nitrogens with zero attached hydrogens (tertiary/aromatic N) is 1. The summed E-state index contributed by atoms with van der Waals surface area (Å²) in [7, 11) is 0. The summed E-state index contributed by atoms with van der Waals surface area (Å²) in [5.41, 5.74) is 5.58. The molecule has 0 bridgehead atoms. The van der Waals surface area contributed by atoms with E-state index in [1.54, 1.807) is 0 Å². The van der Waals surface area contributed by atoms with Crippen LogP contribution in [-0.2, 0) is 4.79 Å². The summed E-state index contributed by atoms with van der Waals surface area (Å²) < 4.78 is 0. The fourth-order valence-corrected chi connectivity index (χ4v) is 2.53. The highest BCUT2D eigenvalue weighted by molar-refractivity contribution is 5.90. The van der Waals surface area contributed by atoms with Crippen LogP contribution in [0.3, 0.4) is 0 Å². The summed E-state index contributed by atoms with van der Waals surface area (Å²) >= 11 is 0. The molecule has 0 spiro atoms. The molecule has 0 aliphatic heterocycles. The van der Waals surface area contributed by atoms with E-state index in [1.807, 2.05) is 13.8 Å². The van der Waals surface area contributed by atoms with Crippen molar-refractivity contribution < 1.29 is 10.0 Å². The maximum Gasteiger partial charge on any atom is 0.220 e. The van der Waals surface area contributed by atoms with Crippen molar-refractivity contribution >= 4 is 11.7 Å². The highest BCUT2D eigenvalue weighted by Crippen LogP contribution is 2.26. The minimum atomic E-state index is -0.383. The van der Waals surface area contributed by atoms with Crippen molar-refractivity contribution in [3.63, 3.8) is 0 Å². The molecule has 1 rings (SSSR count). The molecule has 1 fully saturated rings. The van der Waals surface area contributed by atoms with Crippen molar-refractivity contribution in [2.24, 2.45) is 22.7 Å². The van der Waals surface area contributed by atoms with Gasteiger partial charge in [-0.1, -0.05) is 38.3 Å². The lowest BCUT2D eigenvalue weighted by molar-refractivity contribution is -0.122. The zero-order chi connectivity index (χ0) is 13.5. The van der Waals surface area contributed by atoms with Gasteiger partial charge in [0.25, 0.3) is 0 Å². The summed E-state index contributed by atoms with van der Waals surface area (Å²) in [5, 5.41) is 14.5. The van der Waals surface area contributed by atoms with Crippen molar-refractivity contribution in [2.45, 2.75) is 58.4 Å². The monoisotopic (exact) mass is 255 g/mol. The normalized spacial score (nSPS) is 19.8. The molecule has 0 aromatic heterocycles. The van der Waals surface area contributed by atoms with Gasteiger partial charge in [-0.05, 0) is 24.7 Å². The highest BCUT2D eigenvalue weighted by atomic mass is 16.4. The van der Waals surface area contributed by atoms with Crippen LogP contribution in [0.4, 0.5) is 0 Å². The molecule has 5 heteroatoms. The van der Waals surface area contributed by atoms with Crippen LogP contribution in [0.1, 0.15) is 52.4 Å². The Bertz CT molecular complexity index is 297. The first-order chi connectivity index (χ1) is 8.54. The first kappa shape index (κ1) is 14.8. The van der Waals surface area contributed by atoms with Gasteiger partial charge < -0.3 is 16.3 Å². The Morgan fingerprint density at radius 2 is 2.00 bits per heavy atom. The Morgan fingerprint density at radius 1 is 1.39 bits per heavy atom. The van der Waals surface area contributed by atoms with Gasteiger partial charge in [-0.15, -0.1) is 0 Å². The topological polar surface area (TPSA) is 87.7 Å². The number of rotatable bonds is 5. The standard InChI is InChI=1S/C13H25N3O2/c1-9(2)12(13(14)16-18)15-11(17)8-10-6-4-3-5-7-10/h9-10,12,18H,3-8H2,1-2H3,(H2,14,16)(H,15,17). The Morgan fingerprint density at radius 3 is 2.50 bits per heavy atom. The molecule has 1 aliphatic rings.